The van der Waals surface area contributed by atoms with Gasteiger partial charge in [0, 0.05) is 39.3 Å². The summed E-state index contributed by atoms with van der Waals surface area (Å²) in [7, 11) is 0. The highest BCUT2D eigenvalue weighted by atomic mass is 16.2. The Morgan fingerprint density at radius 1 is 1.08 bits per heavy atom. The fourth-order valence-electron chi connectivity index (χ4n) is 4.26. The summed E-state index contributed by atoms with van der Waals surface area (Å²) in [5, 5.41) is 3.21. The van der Waals surface area contributed by atoms with Crippen LogP contribution in [-0.4, -0.2) is 61.0 Å². The molecular formula is C22H35N3O. The molecule has 2 fully saturated rings. The Morgan fingerprint density at radius 2 is 1.77 bits per heavy atom. The van der Waals surface area contributed by atoms with Crippen LogP contribution < -0.4 is 5.32 Å². The number of amides is 1. The third kappa shape index (κ3) is 5.82. The highest BCUT2D eigenvalue weighted by Crippen LogP contribution is 2.22. The zero-order valence-electron chi connectivity index (χ0n) is 16.3. The van der Waals surface area contributed by atoms with Crippen LogP contribution in [0.3, 0.4) is 0 Å². The van der Waals surface area contributed by atoms with Crippen molar-refractivity contribution in [2.45, 2.75) is 51.5 Å². The number of carbonyl (C=O) groups excluding carboxylic acids is 1. The molecule has 1 aliphatic carbocycles. The molecule has 144 valence electrons. The van der Waals surface area contributed by atoms with Gasteiger partial charge in [0.2, 0.25) is 5.91 Å². The smallest absolute Gasteiger partial charge is 0.237 e. The number of hydrogen-bond donors (Lipinski definition) is 1. The second-order valence-electron chi connectivity index (χ2n) is 8.04. The van der Waals surface area contributed by atoms with Gasteiger partial charge in [-0.05, 0) is 37.7 Å². The Kier molecular flexibility index (Phi) is 7.51. The highest BCUT2D eigenvalue weighted by Gasteiger charge is 2.26. The Labute approximate surface area is 158 Å². The van der Waals surface area contributed by atoms with Gasteiger partial charge in [-0.2, -0.15) is 0 Å². The SMILES string of the molecule is CC(C(=O)NCC1CCCCC1)N1CCN(CCc2ccccc2)CC1. The molecule has 4 nitrogen and oxygen atoms in total. The number of hydrogen-bond acceptors (Lipinski definition) is 3. The summed E-state index contributed by atoms with van der Waals surface area (Å²) < 4.78 is 0. The minimum absolute atomic E-state index is 0.00476. The first-order valence-corrected chi connectivity index (χ1v) is 10.5. The van der Waals surface area contributed by atoms with Crippen LogP contribution in [0.1, 0.15) is 44.6 Å². The van der Waals surface area contributed by atoms with E-state index >= 15 is 0 Å². The molecule has 0 bridgehead atoms. The zero-order valence-corrected chi connectivity index (χ0v) is 16.3. The molecule has 4 heteroatoms. The third-order valence-electron chi connectivity index (χ3n) is 6.18. The second kappa shape index (κ2) is 10.1. The average molecular weight is 358 g/mol. The van der Waals surface area contributed by atoms with Crippen molar-refractivity contribution in [1.29, 1.82) is 0 Å². The molecule has 0 radical (unpaired) electrons. The van der Waals surface area contributed by atoms with Gasteiger partial charge in [-0.15, -0.1) is 0 Å². The number of piperazine rings is 1. The molecule has 3 rings (SSSR count). The first-order chi connectivity index (χ1) is 12.7. The zero-order chi connectivity index (χ0) is 18.2. The molecule has 0 spiro atoms. The number of nitrogens with zero attached hydrogens (tertiary/aromatic N) is 2. The van der Waals surface area contributed by atoms with Gasteiger partial charge in [-0.3, -0.25) is 9.69 Å². The van der Waals surface area contributed by atoms with E-state index in [1.807, 2.05) is 0 Å². The monoisotopic (exact) mass is 357 g/mol. The molecule has 0 aromatic heterocycles. The van der Waals surface area contributed by atoms with Crippen molar-refractivity contribution in [3.63, 3.8) is 0 Å². The maximum absolute atomic E-state index is 12.5. The Bertz CT molecular complexity index is 534. The van der Waals surface area contributed by atoms with Crippen LogP contribution >= 0.6 is 0 Å². The first kappa shape index (κ1) is 19.4. The number of nitrogens with one attached hydrogen (secondary N) is 1. The van der Waals surface area contributed by atoms with Crippen molar-refractivity contribution in [2.75, 3.05) is 39.3 Å². The Morgan fingerprint density at radius 3 is 2.46 bits per heavy atom. The van der Waals surface area contributed by atoms with Crippen LogP contribution in [0, 0.1) is 5.92 Å². The molecule has 2 aliphatic rings. The van der Waals surface area contributed by atoms with E-state index in [0.717, 1.165) is 45.7 Å². The lowest BCUT2D eigenvalue weighted by Crippen LogP contribution is -2.54. The van der Waals surface area contributed by atoms with Gasteiger partial charge in [0.05, 0.1) is 6.04 Å². The predicted octanol–water partition coefficient (Wildman–Crippen LogP) is 2.93. The maximum atomic E-state index is 12.5. The van der Waals surface area contributed by atoms with Crippen molar-refractivity contribution in [3.8, 4) is 0 Å². The van der Waals surface area contributed by atoms with Crippen molar-refractivity contribution in [1.82, 2.24) is 15.1 Å². The minimum atomic E-state index is -0.00476. The van der Waals surface area contributed by atoms with E-state index in [1.165, 1.54) is 37.7 Å². The third-order valence-corrected chi connectivity index (χ3v) is 6.18. The van der Waals surface area contributed by atoms with Gasteiger partial charge < -0.3 is 10.2 Å². The Hall–Kier alpha value is -1.39. The predicted molar refractivity (Wildman–Crippen MR) is 107 cm³/mol. The van der Waals surface area contributed by atoms with Crippen molar-refractivity contribution < 1.29 is 4.79 Å². The molecule has 1 amide bonds. The lowest BCUT2D eigenvalue weighted by molar-refractivity contribution is -0.126. The van der Waals surface area contributed by atoms with E-state index in [1.54, 1.807) is 0 Å². The molecule has 1 aliphatic heterocycles. The Balaban J connectivity index is 1.34. The van der Waals surface area contributed by atoms with E-state index in [2.05, 4.69) is 52.4 Å². The van der Waals surface area contributed by atoms with Crippen LogP contribution in [0.4, 0.5) is 0 Å². The minimum Gasteiger partial charge on any atom is -0.354 e. The van der Waals surface area contributed by atoms with Gasteiger partial charge >= 0.3 is 0 Å². The summed E-state index contributed by atoms with van der Waals surface area (Å²) in [6.07, 6.45) is 7.72. The lowest BCUT2D eigenvalue weighted by Gasteiger charge is -2.37. The largest absolute Gasteiger partial charge is 0.354 e. The number of carbonyl (C=O) groups is 1. The van der Waals surface area contributed by atoms with Gasteiger partial charge in [-0.1, -0.05) is 49.6 Å². The molecule has 26 heavy (non-hydrogen) atoms. The van der Waals surface area contributed by atoms with E-state index in [0.29, 0.717) is 5.92 Å². The fraction of sp³-hybridized carbons (Fsp3) is 0.682. The van der Waals surface area contributed by atoms with E-state index in [-0.39, 0.29) is 11.9 Å². The highest BCUT2D eigenvalue weighted by molar-refractivity contribution is 5.81. The standard InChI is InChI=1S/C22H35N3O/c1-19(22(26)23-18-21-10-6-3-7-11-21)25-16-14-24(15-17-25)13-12-20-8-4-2-5-9-20/h2,4-5,8-9,19,21H,3,6-7,10-18H2,1H3,(H,23,26). The summed E-state index contributed by atoms with van der Waals surface area (Å²) in [6.45, 7) is 8.16. The van der Waals surface area contributed by atoms with Gasteiger partial charge in [-0.25, -0.2) is 0 Å². The second-order valence-corrected chi connectivity index (χ2v) is 8.04. The van der Waals surface area contributed by atoms with E-state index in [9.17, 15) is 4.79 Å². The molecule has 1 saturated heterocycles. The molecular weight excluding hydrogens is 322 g/mol. The van der Waals surface area contributed by atoms with E-state index in [4.69, 9.17) is 0 Å². The maximum Gasteiger partial charge on any atom is 0.237 e. The molecule has 1 aromatic rings. The van der Waals surface area contributed by atoms with Crippen LogP contribution in [-0.2, 0) is 11.2 Å². The number of rotatable bonds is 7. The summed E-state index contributed by atoms with van der Waals surface area (Å²) in [4.78, 5) is 17.4. The first-order valence-electron chi connectivity index (χ1n) is 10.5. The summed E-state index contributed by atoms with van der Waals surface area (Å²) in [5.41, 5.74) is 1.41. The summed E-state index contributed by atoms with van der Waals surface area (Å²) in [6, 6.07) is 10.7. The lowest BCUT2D eigenvalue weighted by atomic mass is 9.89. The molecule has 1 unspecified atom stereocenters. The molecule has 1 atom stereocenters. The molecule has 1 N–H and O–H groups in total. The van der Waals surface area contributed by atoms with Crippen molar-refractivity contribution >= 4 is 5.91 Å². The fourth-order valence-corrected chi connectivity index (χ4v) is 4.26. The van der Waals surface area contributed by atoms with Crippen molar-refractivity contribution in [3.05, 3.63) is 35.9 Å². The van der Waals surface area contributed by atoms with Crippen LogP contribution in [0.25, 0.3) is 0 Å². The molecule has 1 saturated carbocycles. The molecule has 1 aromatic carbocycles. The summed E-state index contributed by atoms with van der Waals surface area (Å²) >= 11 is 0. The van der Waals surface area contributed by atoms with Crippen LogP contribution in [0.2, 0.25) is 0 Å². The van der Waals surface area contributed by atoms with Gasteiger partial charge in [0.25, 0.3) is 0 Å². The number of benzene rings is 1. The normalized spacial score (nSPS) is 21.4. The summed E-state index contributed by atoms with van der Waals surface area (Å²) in [5.74, 6) is 0.919. The van der Waals surface area contributed by atoms with Crippen LogP contribution in [0.5, 0.6) is 0 Å². The van der Waals surface area contributed by atoms with Gasteiger partial charge in [0.15, 0.2) is 0 Å². The van der Waals surface area contributed by atoms with Crippen LogP contribution in [0.15, 0.2) is 30.3 Å². The topological polar surface area (TPSA) is 35.6 Å². The molecule has 1 heterocycles. The average Bonchev–Trinajstić information content (AvgIpc) is 2.72. The van der Waals surface area contributed by atoms with E-state index < -0.39 is 0 Å². The quantitative estimate of drug-likeness (QED) is 0.815. The van der Waals surface area contributed by atoms with Gasteiger partial charge in [0.1, 0.15) is 0 Å². The van der Waals surface area contributed by atoms with Crippen molar-refractivity contribution in [2.24, 2.45) is 5.92 Å².